The zero-order chi connectivity index (χ0) is 26.5. The number of nitrogen functional groups attached to an aromatic ring is 1. The number of rotatable bonds is 4. The highest BCUT2D eigenvalue weighted by atomic mass is 16.2. The van der Waals surface area contributed by atoms with Crippen molar-refractivity contribution in [3.63, 3.8) is 0 Å². The van der Waals surface area contributed by atoms with Gasteiger partial charge in [0.2, 0.25) is 5.91 Å². The molecule has 1 saturated heterocycles. The standard InChI is InChI=1S/C31H30N6O2/c32-28-27-26(22-8-7-20-13-16-36(31(39)25(20)17-22)23-5-2-1-3-6-23)18-37(29(27)34-19-33-28)24-11-9-21(10-12-24)30(38)35-14-4-15-35/h1-3,5-8,13,16-19,21,24H,4,9-12,14-15H2,(H2,32,33,34). The van der Waals surface area contributed by atoms with Gasteiger partial charge in [0.1, 0.15) is 17.8 Å². The van der Waals surface area contributed by atoms with Gasteiger partial charge >= 0.3 is 0 Å². The maximum absolute atomic E-state index is 13.5. The minimum Gasteiger partial charge on any atom is -0.383 e. The summed E-state index contributed by atoms with van der Waals surface area (Å²) in [5, 5.41) is 2.32. The van der Waals surface area contributed by atoms with E-state index in [4.69, 9.17) is 5.73 Å². The Balaban J connectivity index is 1.28. The molecular weight excluding hydrogens is 488 g/mol. The molecule has 3 aromatic heterocycles. The van der Waals surface area contributed by atoms with E-state index in [-0.39, 0.29) is 17.5 Å². The second-order valence-electron chi connectivity index (χ2n) is 10.7. The first kappa shape index (κ1) is 23.6. The van der Waals surface area contributed by atoms with Gasteiger partial charge < -0.3 is 15.2 Å². The molecule has 0 radical (unpaired) electrons. The van der Waals surface area contributed by atoms with Crippen LogP contribution < -0.4 is 11.3 Å². The van der Waals surface area contributed by atoms with Crippen LogP contribution >= 0.6 is 0 Å². The third kappa shape index (κ3) is 3.98. The normalized spacial score (nSPS) is 19.3. The molecule has 5 aromatic rings. The molecule has 196 valence electrons. The molecule has 2 aromatic carbocycles. The SMILES string of the molecule is Nc1ncnc2c1c(-c1ccc3ccn(-c4ccccc4)c(=O)c3c1)cn2C1CCC(C(=O)N2CCC2)CC1. The highest BCUT2D eigenvalue weighted by molar-refractivity contribution is 6.02. The average Bonchev–Trinajstić information content (AvgIpc) is 3.34. The molecule has 1 aliphatic heterocycles. The summed E-state index contributed by atoms with van der Waals surface area (Å²) < 4.78 is 3.89. The maximum Gasteiger partial charge on any atom is 0.262 e. The molecule has 0 spiro atoms. The molecule has 1 aliphatic carbocycles. The lowest BCUT2D eigenvalue weighted by Gasteiger charge is -2.37. The third-order valence-electron chi connectivity index (χ3n) is 8.50. The highest BCUT2D eigenvalue weighted by Crippen LogP contribution is 2.40. The summed E-state index contributed by atoms with van der Waals surface area (Å²) >= 11 is 0. The first-order chi connectivity index (χ1) is 19.1. The van der Waals surface area contributed by atoms with Crippen LogP contribution in [0.3, 0.4) is 0 Å². The lowest BCUT2D eigenvalue weighted by Crippen LogP contribution is -2.46. The molecule has 2 aliphatic rings. The van der Waals surface area contributed by atoms with Gasteiger partial charge in [0.05, 0.1) is 5.39 Å². The number of nitrogens with two attached hydrogens (primary N) is 1. The maximum atomic E-state index is 13.5. The van der Waals surface area contributed by atoms with Crippen molar-refractivity contribution in [1.29, 1.82) is 0 Å². The fourth-order valence-corrected chi connectivity index (χ4v) is 6.20. The summed E-state index contributed by atoms with van der Waals surface area (Å²) in [6.45, 7) is 1.81. The number of nitrogens with zero attached hydrogens (tertiary/aromatic N) is 5. The molecule has 2 N–H and O–H groups in total. The van der Waals surface area contributed by atoms with Crippen molar-refractivity contribution < 1.29 is 4.79 Å². The lowest BCUT2D eigenvalue weighted by atomic mass is 9.84. The van der Waals surface area contributed by atoms with Gasteiger partial charge in [-0.2, -0.15) is 0 Å². The summed E-state index contributed by atoms with van der Waals surface area (Å²) in [4.78, 5) is 37.2. The molecule has 1 amide bonds. The summed E-state index contributed by atoms with van der Waals surface area (Å²) in [5.74, 6) is 0.863. The number of benzene rings is 2. The van der Waals surface area contributed by atoms with Crippen LogP contribution in [0.25, 0.3) is 38.6 Å². The van der Waals surface area contributed by atoms with Crippen LogP contribution in [0.2, 0.25) is 0 Å². The first-order valence-electron chi connectivity index (χ1n) is 13.7. The number of fused-ring (bicyclic) bond motifs is 2. The number of hydrogen-bond donors (Lipinski definition) is 1. The minimum absolute atomic E-state index is 0.0706. The Morgan fingerprint density at radius 2 is 1.74 bits per heavy atom. The summed E-state index contributed by atoms with van der Waals surface area (Å²) in [5.41, 5.74) is 9.78. The Hall–Kier alpha value is -4.46. The van der Waals surface area contributed by atoms with E-state index in [1.807, 2.05) is 65.7 Å². The average molecular weight is 519 g/mol. The van der Waals surface area contributed by atoms with E-state index in [2.05, 4.69) is 20.7 Å². The zero-order valence-corrected chi connectivity index (χ0v) is 21.7. The predicted octanol–water partition coefficient (Wildman–Crippen LogP) is 4.95. The van der Waals surface area contributed by atoms with Gasteiger partial charge in [0.15, 0.2) is 0 Å². The van der Waals surface area contributed by atoms with Crippen molar-refractivity contribution in [3.8, 4) is 16.8 Å². The van der Waals surface area contributed by atoms with E-state index in [0.29, 0.717) is 17.1 Å². The molecule has 8 nitrogen and oxygen atoms in total. The molecule has 39 heavy (non-hydrogen) atoms. The number of amides is 1. The Morgan fingerprint density at radius 1 is 0.949 bits per heavy atom. The Bertz CT molecular complexity index is 1760. The van der Waals surface area contributed by atoms with Gasteiger partial charge in [-0.1, -0.05) is 30.3 Å². The van der Waals surface area contributed by atoms with Crippen LogP contribution in [-0.2, 0) is 4.79 Å². The molecule has 7 rings (SSSR count). The smallest absolute Gasteiger partial charge is 0.262 e. The second kappa shape index (κ2) is 9.38. The van der Waals surface area contributed by atoms with E-state index in [0.717, 1.165) is 78.4 Å². The van der Waals surface area contributed by atoms with Crippen LogP contribution in [0.5, 0.6) is 0 Å². The number of para-hydroxylation sites is 1. The van der Waals surface area contributed by atoms with Crippen molar-refractivity contribution in [1.82, 2.24) is 24.0 Å². The van der Waals surface area contributed by atoms with Crippen LogP contribution in [0, 0.1) is 5.92 Å². The topological polar surface area (TPSA) is 99.0 Å². The summed E-state index contributed by atoms with van der Waals surface area (Å²) in [7, 11) is 0. The monoisotopic (exact) mass is 518 g/mol. The molecule has 2 fully saturated rings. The Kier molecular flexibility index (Phi) is 5.68. The van der Waals surface area contributed by atoms with E-state index in [9.17, 15) is 9.59 Å². The number of aromatic nitrogens is 4. The quantitative estimate of drug-likeness (QED) is 0.363. The molecule has 0 atom stereocenters. The van der Waals surface area contributed by atoms with Crippen molar-refractivity contribution >= 4 is 33.5 Å². The van der Waals surface area contributed by atoms with E-state index < -0.39 is 0 Å². The van der Waals surface area contributed by atoms with Crippen molar-refractivity contribution in [3.05, 3.63) is 83.7 Å². The van der Waals surface area contributed by atoms with Gasteiger partial charge in [0, 0.05) is 54.1 Å². The van der Waals surface area contributed by atoms with Gasteiger partial charge in [-0.05, 0) is 67.3 Å². The van der Waals surface area contributed by atoms with Crippen LogP contribution in [0.1, 0.15) is 38.1 Å². The van der Waals surface area contributed by atoms with Crippen molar-refractivity contribution in [2.75, 3.05) is 18.8 Å². The predicted molar refractivity (Wildman–Crippen MR) is 153 cm³/mol. The Morgan fingerprint density at radius 3 is 2.49 bits per heavy atom. The van der Waals surface area contributed by atoms with Crippen LogP contribution in [-0.4, -0.2) is 43.0 Å². The van der Waals surface area contributed by atoms with Gasteiger partial charge in [0.25, 0.3) is 5.56 Å². The van der Waals surface area contributed by atoms with Gasteiger partial charge in [-0.3, -0.25) is 14.2 Å². The fraction of sp³-hybridized carbons (Fsp3) is 0.290. The molecule has 8 heteroatoms. The minimum atomic E-state index is -0.0706. The largest absolute Gasteiger partial charge is 0.383 e. The van der Waals surface area contributed by atoms with E-state index >= 15 is 0 Å². The molecule has 0 unspecified atom stereocenters. The van der Waals surface area contributed by atoms with E-state index in [1.165, 1.54) is 6.33 Å². The third-order valence-corrected chi connectivity index (χ3v) is 8.50. The number of carbonyl (C=O) groups is 1. The number of hydrogen-bond acceptors (Lipinski definition) is 5. The number of carbonyl (C=O) groups excluding carboxylic acids is 1. The lowest BCUT2D eigenvalue weighted by molar-refractivity contribution is -0.140. The second-order valence-corrected chi connectivity index (χ2v) is 10.7. The van der Waals surface area contributed by atoms with Crippen LogP contribution in [0.4, 0.5) is 5.82 Å². The van der Waals surface area contributed by atoms with Gasteiger partial charge in [-0.15, -0.1) is 0 Å². The number of anilines is 1. The Labute approximate surface area is 225 Å². The van der Waals surface area contributed by atoms with Crippen LogP contribution in [0.15, 0.2) is 78.1 Å². The van der Waals surface area contributed by atoms with Crippen molar-refractivity contribution in [2.24, 2.45) is 5.92 Å². The van der Waals surface area contributed by atoms with E-state index in [1.54, 1.807) is 4.57 Å². The molecular formula is C31H30N6O2. The molecule has 1 saturated carbocycles. The zero-order valence-electron chi connectivity index (χ0n) is 21.7. The number of likely N-dealkylation sites (tertiary alicyclic amines) is 1. The summed E-state index contributed by atoms with van der Waals surface area (Å²) in [6, 6.07) is 17.8. The highest BCUT2D eigenvalue weighted by Gasteiger charge is 2.33. The first-order valence-corrected chi connectivity index (χ1v) is 13.7. The van der Waals surface area contributed by atoms with Gasteiger partial charge in [-0.25, -0.2) is 9.97 Å². The molecule has 0 bridgehead atoms. The molecule has 4 heterocycles. The number of pyridine rings is 1. The van der Waals surface area contributed by atoms with Crippen molar-refractivity contribution in [2.45, 2.75) is 38.1 Å². The summed E-state index contributed by atoms with van der Waals surface area (Å²) in [6.07, 6.45) is 10.1. The fourth-order valence-electron chi connectivity index (χ4n) is 6.20.